The van der Waals surface area contributed by atoms with Crippen molar-refractivity contribution in [3.05, 3.63) is 29.6 Å². The van der Waals surface area contributed by atoms with Crippen LogP contribution in [0.4, 0.5) is 0 Å². The highest BCUT2D eigenvalue weighted by atomic mass is 16.2. The van der Waals surface area contributed by atoms with Crippen molar-refractivity contribution in [1.29, 1.82) is 0 Å². The van der Waals surface area contributed by atoms with Crippen LogP contribution in [0, 0.1) is 0 Å². The lowest BCUT2D eigenvalue weighted by atomic mass is 10.2. The second-order valence-electron chi connectivity index (χ2n) is 5.26. The molecule has 1 aliphatic rings. The molecule has 0 bridgehead atoms. The second-order valence-corrected chi connectivity index (χ2v) is 5.26. The van der Waals surface area contributed by atoms with Gasteiger partial charge in [0.2, 0.25) is 0 Å². The molecular weight excluding hydrogens is 268 g/mol. The second kappa shape index (κ2) is 7.17. The third-order valence-electron chi connectivity index (χ3n) is 3.53. The summed E-state index contributed by atoms with van der Waals surface area (Å²) >= 11 is 0. The number of amides is 2. The first-order chi connectivity index (χ1) is 10.1. The molecule has 0 spiro atoms. The van der Waals surface area contributed by atoms with E-state index in [0.29, 0.717) is 31.0 Å². The third-order valence-corrected chi connectivity index (χ3v) is 3.53. The van der Waals surface area contributed by atoms with Crippen LogP contribution in [0.15, 0.2) is 18.2 Å². The van der Waals surface area contributed by atoms with E-state index in [4.69, 9.17) is 0 Å². The van der Waals surface area contributed by atoms with Crippen LogP contribution in [0.25, 0.3) is 0 Å². The van der Waals surface area contributed by atoms with Gasteiger partial charge in [-0.25, -0.2) is 4.98 Å². The van der Waals surface area contributed by atoms with Crippen molar-refractivity contribution in [2.24, 2.45) is 0 Å². The van der Waals surface area contributed by atoms with Crippen molar-refractivity contribution < 1.29 is 9.59 Å². The number of hydrogen-bond acceptors (Lipinski definition) is 4. The molecular formula is C15H22N4O2. The van der Waals surface area contributed by atoms with Crippen molar-refractivity contribution in [2.45, 2.75) is 13.3 Å². The summed E-state index contributed by atoms with van der Waals surface area (Å²) in [4.78, 5) is 32.5. The molecule has 6 heteroatoms. The van der Waals surface area contributed by atoms with Gasteiger partial charge in [-0.2, -0.15) is 0 Å². The van der Waals surface area contributed by atoms with Gasteiger partial charge in [0.15, 0.2) is 0 Å². The summed E-state index contributed by atoms with van der Waals surface area (Å²) in [6.07, 6.45) is 0.867. The minimum absolute atomic E-state index is 0.103. The molecule has 2 amide bonds. The zero-order chi connectivity index (χ0) is 15.2. The molecule has 1 aromatic heterocycles. The van der Waals surface area contributed by atoms with Gasteiger partial charge >= 0.3 is 0 Å². The Balaban J connectivity index is 2.06. The van der Waals surface area contributed by atoms with E-state index >= 15 is 0 Å². The van der Waals surface area contributed by atoms with Gasteiger partial charge in [-0.15, -0.1) is 0 Å². The van der Waals surface area contributed by atoms with Crippen molar-refractivity contribution in [2.75, 3.05) is 39.8 Å². The molecule has 0 aliphatic carbocycles. The summed E-state index contributed by atoms with van der Waals surface area (Å²) in [5, 5.41) is 2.77. The predicted octanol–water partition coefficient (Wildman–Crippen LogP) is 0.609. The predicted molar refractivity (Wildman–Crippen MR) is 80.3 cm³/mol. The maximum atomic E-state index is 12.4. The van der Waals surface area contributed by atoms with E-state index in [1.54, 1.807) is 23.1 Å². The first-order valence-electron chi connectivity index (χ1n) is 7.35. The number of pyridine rings is 1. The maximum absolute atomic E-state index is 12.4. The summed E-state index contributed by atoms with van der Waals surface area (Å²) < 4.78 is 0. The van der Waals surface area contributed by atoms with Crippen LogP contribution in [0.3, 0.4) is 0 Å². The Bertz CT molecular complexity index is 510. The molecule has 0 radical (unpaired) electrons. The number of hydrogen-bond donors (Lipinski definition) is 1. The van der Waals surface area contributed by atoms with Gasteiger partial charge in [0.1, 0.15) is 11.4 Å². The van der Waals surface area contributed by atoms with Crippen LogP contribution in [0.2, 0.25) is 0 Å². The van der Waals surface area contributed by atoms with E-state index in [2.05, 4.69) is 15.2 Å². The van der Waals surface area contributed by atoms with Crippen molar-refractivity contribution in [1.82, 2.24) is 20.1 Å². The van der Waals surface area contributed by atoms with E-state index in [1.807, 2.05) is 14.0 Å². The lowest BCUT2D eigenvalue weighted by Gasteiger charge is -2.32. The number of likely N-dealkylation sites (N-methyl/N-ethyl adjacent to an activating group) is 1. The van der Waals surface area contributed by atoms with Crippen molar-refractivity contribution in [3.8, 4) is 0 Å². The van der Waals surface area contributed by atoms with Crippen LogP contribution in [-0.4, -0.2) is 66.4 Å². The summed E-state index contributed by atoms with van der Waals surface area (Å²) in [6.45, 7) is 5.72. The van der Waals surface area contributed by atoms with Crippen LogP contribution in [-0.2, 0) is 0 Å². The molecule has 1 fully saturated rings. The molecule has 1 N–H and O–H groups in total. The summed E-state index contributed by atoms with van der Waals surface area (Å²) in [5.74, 6) is -0.335. The molecule has 1 aliphatic heterocycles. The minimum atomic E-state index is -0.232. The van der Waals surface area contributed by atoms with Crippen LogP contribution < -0.4 is 5.32 Å². The molecule has 0 aromatic carbocycles. The summed E-state index contributed by atoms with van der Waals surface area (Å²) in [5.41, 5.74) is 0.632. The fourth-order valence-electron chi connectivity index (χ4n) is 2.18. The number of piperazine rings is 1. The molecule has 1 saturated heterocycles. The molecule has 114 valence electrons. The monoisotopic (exact) mass is 290 g/mol. The van der Waals surface area contributed by atoms with E-state index < -0.39 is 0 Å². The largest absolute Gasteiger partial charge is 0.351 e. The Labute approximate surface area is 125 Å². The highest BCUT2D eigenvalue weighted by molar-refractivity contribution is 5.96. The molecule has 2 rings (SSSR count). The average Bonchev–Trinajstić information content (AvgIpc) is 2.52. The number of aromatic nitrogens is 1. The summed E-state index contributed by atoms with van der Waals surface area (Å²) in [6, 6.07) is 5.00. The van der Waals surface area contributed by atoms with Crippen LogP contribution in [0.1, 0.15) is 34.3 Å². The van der Waals surface area contributed by atoms with E-state index in [-0.39, 0.29) is 11.8 Å². The Morgan fingerprint density at radius 1 is 1.19 bits per heavy atom. The molecule has 2 heterocycles. The fourth-order valence-corrected chi connectivity index (χ4v) is 2.18. The van der Waals surface area contributed by atoms with Gasteiger partial charge < -0.3 is 15.1 Å². The lowest BCUT2D eigenvalue weighted by molar-refractivity contribution is 0.0658. The van der Waals surface area contributed by atoms with Gasteiger partial charge in [-0.1, -0.05) is 13.0 Å². The SMILES string of the molecule is CCCNC(=O)c1cccc(C(=O)N2CCN(C)CC2)n1. The van der Waals surface area contributed by atoms with E-state index in [1.165, 1.54) is 0 Å². The topological polar surface area (TPSA) is 65.5 Å². The van der Waals surface area contributed by atoms with Crippen LogP contribution >= 0.6 is 0 Å². The number of nitrogens with one attached hydrogen (secondary N) is 1. The first kappa shape index (κ1) is 15.4. The number of nitrogens with zero attached hydrogens (tertiary/aromatic N) is 3. The third kappa shape index (κ3) is 4.01. The normalized spacial score (nSPS) is 15.8. The van der Waals surface area contributed by atoms with E-state index in [0.717, 1.165) is 19.5 Å². The van der Waals surface area contributed by atoms with Gasteiger partial charge in [0, 0.05) is 32.7 Å². The van der Waals surface area contributed by atoms with Gasteiger partial charge in [0.25, 0.3) is 11.8 Å². The smallest absolute Gasteiger partial charge is 0.272 e. The standard InChI is InChI=1S/C15H22N4O2/c1-3-7-16-14(20)12-5-4-6-13(17-12)15(21)19-10-8-18(2)9-11-19/h4-6H,3,7-11H2,1-2H3,(H,16,20). The number of carbonyl (C=O) groups is 2. The molecule has 21 heavy (non-hydrogen) atoms. The Kier molecular flexibility index (Phi) is 5.27. The number of rotatable bonds is 4. The van der Waals surface area contributed by atoms with Crippen molar-refractivity contribution >= 4 is 11.8 Å². The van der Waals surface area contributed by atoms with Gasteiger partial charge in [-0.05, 0) is 25.6 Å². The minimum Gasteiger partial charge on any atom is -0.351 e. The Morgan fingerprint density at radius 2 is 1.86 bits per heavy atom. The highest BCUT2D eigenvalue weighted by Gasteiger charge is 2.22. The molecule has 0 unspecified atom stereocenters. The lowest BCUT2D eigenvalue weighted by Crippen LogP contribution is -2.47. The fraction of sp³-hybridized carbons (Fsp3) is 0.533. The number of carbonyl (C=O) groups excluding carboxylic acids is 2. The first-order valence-corrected chi connectivity index (χ1v) is 7.35. The zero-order valence-corrected chi connectivity index (χ0v) is 12.6. The maximum Gasteiger partial charge on any atom is 0.272 e. The Morgan fingerprint density at radius 3 is 2.52 bits per heavy atom. The average molecular weight is 290 g/mol. The zero-order valence-electron chi connectivity index (χ0n) is 12.6. The van der Waals surface area contributed by atoms with Gasteiger partial charge in [0.05, 0.1) is 0 Å². The molecule has 6 nitrogen and oxygen atoms in total. The van der Waals surface area contributed by atoms with Crippen molar-refractivity contribution in [3.63, 3.8) is 0 Å². The molecule has 1 aromatic rings. The summed E-state index contributed by atoms with van der Waals surface area (Å²) in [7, 11) is 2.04. The van der Waals surface area contributed by atoms with E-state index in [9.17, 15) is 9.59 Å². The Hall–Kier alpha value is -1.95. The highest BCUT2D eigenvalue weighted by Crippen LogP contribution is 2.07. The molecule has 0 saturated carbocycles. The van der Waals surface area contributed by atoms with Crippen LogP contribution in [0.5, 0.6) is 0 Å². The quantitative estimate of drug-likeness (QED) is 0.882. The van der Waals surface area contributed by atoms with Gasteiger partial charge in [-0.3, -0.25) is 9.59 Å². The molecule has 0 atom stereocenters.